The van der Waals surface area contributed by atoms with Gasteiger partial charge in [-0.1, -0.05) is 37.3 Å². The second-order valence-electron chi connectivity index (χ2n) is 6.28. The minimum Gasteiger partial charge on any atom is -0.371 e. The number of nitrogens with zero attached hydrogens (tertiary/aromatic N) is 3. The maximum atomic E-state index is 12.5. The van der Waals surface area contributed by atoms with Gasteiger partial charge in [0.2, 0.25) is 5.91 Å². The van der Waals surface area contributed by atoms with Crippen LogP contribution in [0.2, 0.25) is 0 Å². The molecule has 3 rings (SSSR count). The second-order valence-corrected chi connectivity index (χ2v) is 6.28. The number of aliphatic hydroxyl groups is 1. The summed E-state index contributed by atoms with van der Waals surface area (Å²) < 4.78 is 0. The highest BCUT2D eigenvalue weighted by Crippen LogP contribution is 2.64. The summed E-state index contributed by atoms with van der Waals surface area (Å²) >= 11 is 0. The van der Waals surface area contributed by atoms with Crippen molar-refractivity contribution in [3.63, 3.8) is 0 Å². The summed E-state index contributed by atoms with van der Waals surface area (Å²) in [6, 6.07) is 14.6. The average molecular weight is 306 g/mol. The lowest BCUT2D eigenvalue weighted by Gasteiger charge is -2.48. The SMILES string of the molecule is C[C@@H]1[C@@H](c2ccccc2)C(C#N)(C#N)[C@]2(C#N)C[C@]1(O)NC2=O. The standard InChI is InChI=1S/C17H14N4O2/c1-11-13(12-5-3-2-4-6-12)16(9-19,10-20)15(8-18)7-17(11,23)21-14(15)22/h2-6,11,13,23H,7H2,1H3,(H,21,22)/t11-,13+,15+,17-/m1/s1. The number of carbonyl (C=O) groups is 1. The van der Waals surface area contributed by atoms with Gasteiger partial charge in [-0.15, -0.1) is 0 Å². The van der Waals surface area contributed by atoms with E-state index in [0.717, 1.165) is 0 Å². The average Bonchev–Trinajstić information content (AvgIpc) is 2.82. The zero-order valence-electron chi connectivity index (χ0n) is 12.4. The Morgan fingerprint density at radius 2 is 1.78 bits per heavy atom. The van der Waals surface area contributed by atoms with Crippen molar-refractivity contribution in [2.24, 2.45) is 16.7 Å². The zero-order chi connectivity index (χ0) is 16.9. The third-order valence-electron chi connectivity index (χ3n) is 5.35. The number of hydrogen-bond acceptors (Lipinski definition) is 5. The van der Waals surface area contributed by atoms with Crippen molar-refractivity contribution in [3.8, 4) is 18.2 Å². The first-order valence-electron chi connectivity index (χ1n) is 7.24. The van der Waals surface area contributed by atoms with Gasteiger partial charge in [-0.25, -0.2) is 0 Å². The fourth-order valence-corrected chi connectivity index (χ4v) is 4.07. The summed E-state index contributed by atoms with van der Waals surface area (Å²) in [7, 11) is 0. The van der Waals surface area contributed by atoms with Crippen LogP contribution in [0.15, 0.2) is 30.3 Å². The van der Waals surface area contributed by atoms with Crippen LogP contribution >= 0.6 is 0 Å². The van der Waals surface area contributed by atoms with E-state index in [1.54, 1.807) is 37.3 Å². The number of carbonyl (C=O) groups excluding carboxylic acids is 1. The fourth-order valence-electron chi connectivity index (χ4n) is 4.07. The Balaban J connectivity index is 2.35. The van der Waals surface area contributed by atoms with E-state index in [1.165, 1.54) is 0 Å². The van der Waals surface area contributed by atoms with Crippen molar-refractivity contribution in [1.82, 2.24) is 5.32 Å². The predicted octanol–water partition coefficient (Wildman–Crippen LogP) is 1.17. The molecule has 1 aromatic carbocycles. The number of nitriles is 3. The third-order valence-corrected chi connectivity index (χ3v) is 5.35. The van der Waals surface area contributed by atoms with Gasteiger partial charge in [0.05, 0.1) is 18.2 Å². The van der Waals surface area contributed by atoms with Crippen molar-refractivity contribution < 1.29 is 9.90 Å². The molecule has 2 fully saturated rings. The molecular formula is C17H14N4O2. The van der Waals surface area contributed by atoms with E-state index >= 15 is 0 Å². The Morgan fingerprint density at radius 3 is 2.30 bits per heavy atom. The molecule has 1 amide bonds. The van der Waals surface area contributed by atoms with Gasteiger partial charge in [0, 0.05) is 18.3 Å². The molecule has 1 saturated carbocycles. The molecule has 1 aliphatic carbocycles. The van der Waals surface area contributed by atoms with Crippen molar-refractivity contribution in [3.05, 3.63) is 35.9 Å². The molecule has 6 heteroatoms. The van der Waals surface area contributed by atoms with E-state index in [4.69, 9.17) is 0 Å². The van der Waals surface area contributed by atoms with Gasteiger partial charge in [0.15, 0.2) is 10.8 Å². The molecule has 1 aromatic rings. The van der Waals surface area contributed by atoms with E-state index < -0.39 is 34.3 Å². The largest absolute Gasteiger partial charge is 0.371 e. The molecule has 23 heavy (non-hydrogen) atoms. The quantitative estimate of drug-likeness (QED) is 0.806. The lowest BCUT2D eigenvalue weighted by molar-refractivity contribution is -0.128. The molecule has 0 aromatic heterocycles. The van der Waals surface area contributed by atoms with Crippen LogP contribution in [-0.4, -0.2) is 16.7 Å². The maximum Gasteiger partial charge on any atom is 0.245 e. The van der Waals surface area contributed by atoms with Crippen LogP contribution < -0.4 is 5.32 Å². The number of amides is 1. The van der Waals surface area contributed by atoms with E-state index in [0.29, 0.717) is 5.56 Å². The van der Waals surface area contributed by atoms with E-state index in [1.807, 2.05) is 18.2 Å². The fraction of sp³-hybridized carbons (Fsp3) is 0.412. The summed E-state index contributed by atoms with van der Waals surface area (Å²) in [5.41, 5.74) is -4.71. The second kappa shape index (κ2) is 4.56. The van der Waals surface area contributed by atoms with Gasteiger partial charge in [-0.2, -0.15) is 15.8 Å². The summed E-state index contributed by atoms with van der Waals surface area (Å²) in [5.74, 6) is -2.12. The molecule has 6 nitrogen and oxygen atoms in total. The molecular weight excluding hydrogens is 292 g/mol. The Morgan fingerprint density at radius 1 is 1.17 bits per heavy atom. The van der Waals surface area contributed by atoms with Gasteiger partial charge in [-0.05, 0) is 5.56 Å². The van der Waals surface area contributed by atoms with Crippen molar-refractivity contribution in [1.29, 1.82) is 15.8 Å². The smallest absolute Gasteiger partial charge is 0.245 e. The van der Waals surface area contributed by atoms with Gasteiger partial charge in [0.1, 0.15) is 5.72 Å². The first kappa shape index (κ1) is 15.0. The molecule has 114 valence electrons. The minimum absolute atomic E-state index is 0.263. The van der Waals surface area contributed by atoms with Gasteiger partial charge < -0.3 is 10.4 Å². The van der Waals surface area contributed by atoms with Crippen LogP contribution in [0.3, 0.4) is 0 Å². The molecule has 1 heterocycles. The molecule has 0 radical (unpaired) electrons. The predicted molar refractivity (Wildman–Crippen MR) is 77.8 cm³/mol. The van der Waals surface area contributed by atoms with Crippen LogP contribution in [0.4, 0.5) is 0 Å². The van der Waals surface area contributed by atoms with Crippen molar-refractivity contribution >= 4 is 5.91 Å². The first-order chi connectivity index (χ1) is 10.9. The number of fused-ring (bicyclic) bond motifs is 2. The molecule has 2 bridgehead atoms. The molecule has 0 spiro atoms. The number of hydrogen-bond donors (Lipinski definition) is 2. The molecule has 2 N–H and O–H groups in total. The Bertz CT molecular complexity index is 787. The highest BCUT2D eigenvalue weighted by Gasteiger charge is 2.76. The molecule has 1 saturated heterocycles. The minimum atomic E-state index is -1.89. The van der Waals surface area contributed by atoms with Crippen molar-refractivity contribution in [2.75, 3.05) is 0 Å². The van der Waals surface area contributed by atoms with Crippen molar-refractivity contribution in [2.45, 2.75) is 25.0 Å². The van der Waals surface area contributed by atoms with E-state index in [9.17, 15) is 25.7 Å². The van der Waals surface area contributed by atoms with Crippen LogP contribution in [-0.2, 0) is 4.79 Å². The maximum absolute atomic E-state index is 12.5. The topological polar surface area (TPSA) is 121 Å². The number of nitrogens with one attached hydrogen (secondary N) is 1. The normalized spacial score (nSPS) is 37.1. The van der Waals surface area contributed by atoms with Gasteiger partial charge >= 0.3 is 0 Å². The summed E-state index contributed by atoms with van der Waals surface area (Å²) in [6.45, 7) is 1.69. The Kier molecular flexibility index (Phi) is 2.98. The van der Waals surface area contributed by atoms with Gasteiger partial charge in [0.25, 0.3) is 0 Å². The molecule has 4 atom stereocenters. The number of benzene rings is 1. The summed E-state index contributed by atoms with van der Waals surface area (Å²) in [4.78, 5) is 12.5. The monoisotopic (exact) mass is 306 g/mol. The Hall–Kier alpha value is -2.88. The van der Waals surface area contributed by atoms with E-state index in [2.05, 4.69) is 5.32 Å². The zero-order valence-corrected chi connectivity index (χ0v) is 12.4. The molecule has 2 aliphatic rings. The lowest BCUT2D eigenvalue weighted by atomic mass is 9.49. The lowest BCUT2D eigenvalue weighted by Crippen LogP contribution is -2.56. The highest BCUT2D eigenvalue weighted by atomic mass is 16.3. The Labute approximate surface area is 133 Å². The molecule has 0 unspecified atom stereocenters. The molecule has 1 aliphatic heterocycles. The van der Waals surface area contributed by atoms with Crippen LogP contribution in [0, 0.1) is 50.7 Å². The summed E-state index contributed by atoms with van der Waals surface area (Å²) in [6.07, 6.45) is -0.263. The van der Waals surface area contributed by atoms with Gasteiger partial charge in [-0.3, -0.25) is 4.79 Å². The number of rotatable bonds is 1. The van der Waals surface area contributed by atoms with E-state index in [-0.39, 0.29) is 6.42 Å². The van der Waals surface area contributed by atoms with Crippen LogP contribution in [0.1, 0.15) is 24.8 Å². The first-order valence-corrected chi connectivity index (χ1v) is 7.24. The third kappa shape index (κ3) is 1.55. The van der Waals surface area contributed by atoms with Crippen LogP contribution in [0.25, 0.3) is 0 Å². The highest BCUT2D eigenvalue weighted by molar-refractivity contribution is 5.92. The summed E-state index contributed by atoms with van der Waals surface area (Å²) in [5, 5.41) is 42.6. The van der Waals surface area contributed by atoms with Crippen LogP contribution in [0.5, 0.6) is 0 Å².